The molecule has 1 atom stereocenters. The van der Waals surface area contributed by atoms with Gasteiger partial charge in [-0.2, -0.15) is 15.6 Å². The van der Waals surface area contributed by atoms with E-state index in [1.54, 1.807) is 39.9 Å². The smallest absolute Gasteiger partial charge is 0.254 e. The Hall–Kier alpha value is -1.70. The van der Waals surface area contributed by atoms with Gasteiger partial charge in [0.1, 0.15) is 0 Å². The molecule has 2 saturated heterocycles. The minimum Gasteiger partial charge on any atom is -0.332 e. The van der Waals surface area contributed by atoms with Crippen LogP contribution in [-0.4, -0.2) is 43.2 Å². The van der Waals surface area contributed by atoms with E-state index in [4.69, 9.17) is 0 Å². The number of benzene rings is 1. The first kappa shape index (κ1) is 18.7. The molecule has 1 aromatic carbocycles. The van der Waals surface area contributed by atoms with E-state index in [2.05, 4.69) is 11.4 Å². The van der Waals surface area contributed by atoms with Crippen molar-refractivity contribution >= 4 is 27.3 Å². The highest BCUT2D eigenvalue weighted by atomic mass is 32.2. The van der Waals surface area contributed by atoms with E-state index in [0.29, 0.717) is 25.2 Å². The molecule has 2 aliphatic rings. The van der Waals surface area contributed by atoms with Gasteiger partial charge in [-0.3, -0.25) is 4.79 Å². The largest absolute Gasteiger partial charge is 0.332 e. The molecule has 2 aliphatic heterocycles. The molecule has 1 aromatic heterocycles. The number of likely N-dealkylation sites (tertiary alicyclic amines) is 1. The van der Waals surface area contributed by atoms with E-state index < -0.39 is 10.0 Å². The van der Waals surface area contributed by atoms with Crippen molar-refractivity contribution in [2.24, 2.45) is 0 Å². The molecule has 3 heterocycles. The van der Waals surface area contributed by atoms with Gasteiger partial charge in [0, 0.05) is 25.2 Å². The van der Waals surface area contributed by atoms with E-state index in [1.165, 1.54) is 5.56 Å². The number of thiophene rings is 1. The van der Waals surface area contributed by atoms with Gasteiger partial charge in [0.25, 0.3) is 5.91 Å². The Morgan fingerprint density at radius 1 is 1.04 bits per heavy atom. The lowest BCUT2D eigenvalue weighted by atomic mass is 10.1. The zero-order chi connectivity index (χ0) is 18.9. The number of hydrogen-bond donors (Lipinski definition) is 0. The third-order valence-corrected chi connectivity index (χ3v) is 8.07. The van der Waals surface area contributed by atoms with Crippen molar-refractivity contribution in [1.82, 2.24) is 9.21 Å². The van der Waals surface area contributed by atoms with Gasteiger partial charge < -0.3 is 4.90 Å². The third-order valence-electron chi connectivity index (χ3n) is 5.48. The van der Waals surface area contributed by atoms with Crippen LogP contribution in [0.25, 0.3) is 0 Å². The predicted octanol–water partition coefficient (Wildman–Crippen LogP) is 3.90. The van der Waals surface area contributed by atoms with Crippen molar-refractivity contribution in [3.05, 3.63) is 52.2 Å². The van der Waals surface area contributed by atoms with Gasteiger partial charge in [-0.25, -0.2) is 8.42 Å². The Balaban J connectivity index is 1.59. The average Bonchev–Trinajstić information content (AvgIpc) is 3.39. The lowest BCUT2D eigenvalue weighted by Crippen LogP contribution is -2.36. The number of nitrogens with zero attached hydrogens (tertiary/aromatic N) is 2. The van der Waals surface area contributed by atoms with Crippen molar-refractivity contribution in [1.29, 1.82) is 0 Å². The Bertz CT molecular complexity index is 903. The van der Waals surface area contributed by atoms with Crippen molar-refractivity contribution in [2.45, 2.75) is 43.0 Å². The van der Waals surface area contributed by atoms with Gasteiger partial charge in [0.05, 0.1) is 10.9 Å². The van der Waals surface area contributed by atoms with Gasteiger partial charge in [-0.15, -0.1) is 0 Å². The molecule has 0 radical (unpaired) electrons. The number of carbonyl (C=O) groups is 1. The monoisotopic (exact) mass is 404 g/mol. The number of amides is 1. The van der Waals surface area contributed by atoms with Gasteiger partial charge in [0.15, 0.2) is 0 Å². The summed E-state index contributed by atoms with van der Waals surface area (Å²) in [5.41, 5.74) is 1.62. The SMILES string of the molecule is O=C(c1cccc(S(=O)(=O)N2CCCCC2)c1)N1CCCC1c1ccsc1. The van der Waals surface area contributed by atoms with Crippen LogP contribution >= 0.6 is 11.3 Å². The Kier molecular flexibility index (Phi) is 5.34. The molecular formula is C20H24N2O3S2. The highest BCUT2D eigenvalue weighted by Crippen LogP contribution is 2.34. The third kappa shape index (κ3) is 3.68. The number of carbonyl (C=O) groups excluding carboxylic acids is 1. The summed E-state index contributed by atoms with van der Waals surface area (Å²) in [6.45, 7) is 1.84. The summed E-state index contributed by atoms with van der Waals surface area (Å²) in [6.07, 6.45) is 4.79. The standard InChI is InChI=1S/C20H24N2O3S2/c23-20(22-12-5-8-19(22)17-9-13-26-15-17)16-6-4-7-18(14-16)27(24,25)21-10-2-1-3-11-21/h4,6-7,9,13-15,19H,1-3,5,8,10-12H2. The summed E-state index contributed by atoms with van der Waals surface area (Å²) in [4.78, 5) is 15.2. The first-order valence-corrected chi connectivity index (χ1v) is 11.9. The number of piperidine rings is 1. The minimum atomic E-state index is -3.53. The van der Waals surface area contributed by atoms with E-state index >= 15 is 0 Å². The zero-order valence-electron chi connectivity index (χ0n) is 15.2. The van der Waals surface area contributed by atoms with Crippen LogP contribution in [0.1, 0.15) is 54.1 Å². The van der Waals surface area contributed by atoms with Crippen molar-refractivity contribution < 1.29 is 13.2 Å². The summed E-state index contributed by atoms with van der Waals surface area (Å²) < 4.78 is 27.4. The second-order valence-corrected chi connectivity index (χ2v) is 9.92. The topological polar surface area (TPSA) is 57.7 Å². The van der Waals surface area contributed by atoms with Crippen molar-refractivity contribution in [3.63, 3.8) is 0 Å². The van der Waals surface area contributed by atoms with Crippen molar-refractivity contribution in [2.75, 3.05) is 19.6 Å². The molecule has 4 rings (SSSR count). The maximum absolute atomic E-state index is 13.1. The molecular weight excluding hydrogens is 380 g/mol. The number of sulfonamides is 1. The molecule has 144 valence electrons. The van der Waals surface area contributed by atoms with Crippen LogP contribution in [0.3, 0.4) is 0 Å². The van der Waals surface area contributed by atoms with E-state index in [1.807, 2.05) is 10.3 Å². The Morgan fingerprint density at radius 3 is 2.59 bits per heavy atom. The maximum atomic E-state index is 13.1. The molecule has 0 bridgehead atoms. The summed E-state index contributed by atoms with van der Waals surface area (Å²) in [5.74, 6) is -0.0839. The molecule has 0 spiro atoms. The highest BCUT2D eigenvalue weighted by Gasteiger charge is 2.32. The van der Waals surface area contributed by atoms with Gasteiger partial charge >= 0.3 is 0 Å². The fraction of sp³-hybridized carbons (Fsp3) is 0.450. The quantitative estimate of drug-likeness (QED) is 0.777. The summed E-state index contributed by atoms with van der Waals surface area (Å²) >= 11 is 1.63. The van der Waals surface area contributed by atoms with Crippen LogP contribution in [0.2, 0.25) is 0 Å². The zero-order valence-corrected chi connectivity index (χ0v) is 16.8. The second kappa shape index (κ2) is 7.73. The molecule has 1 unspecified atom stereocenters. The summed E-state index contributed by atoms with van der Waals surface area (Å²) in [6, 6.07) is 8.71. The molecule has 2 aromatic rings. The molecule has 0 aliphatic carbocycles. The first-order chi connectivity index (χ1) is 13.1. The van der Waals surface area contributed by atoms with E-state index in [0.717, 1.165) is 32.1 Å². The fourth-order valence-electron chi connectivity index (χ4n) is 4.03. The molecule has 0 saturated carbocycles. The molecule has 2 fully saturated rings. The lowest BCUT2D eigenvalue weighted by Gasteiger charge is -2.27. The minimum absolute atomic E-state index is 0.0839. The van der Waals surface area contributed by atoms with E-state index in [-0.39, 0.29) is 16.8 Å². The molecule has 5 nitrogen and oxygen atoms in total. The van der Waals surface area contributed by atoms with Crippen LogP contribution in [0, 0.1) is 0 Å². The predicted molar refractivity (Wildman–Crippen MR) is 106 cm³/mol. The van der Waals surface area contributed by atoms with Crippen LogP contribution in [0.5, 0.6) is 0 Å². The van der Waals surface area contributed by atoms with Crippen LogP contribution in [0.4, 0.5) is 0 Å². The Labute approximate surface area is 164 Å². The van der Waals surface area contributed by atoms with Gasteiger partial charge in [0.2, 0.25) is 10.0 Å². The lowest BCUT2D eigenvalue weighted by molar-refractivity contribution is 0.0735. The molecule has 7 heteroatoms. The summed E-state index contributed by atoms with van der Waals surface area (Å²) in [7, 11) is -3.53. The van der Waals surface area contributed by atoms with Gasteiger partial charge in [-0.1, -0.05) is 12.5 Å². The van der Waals surface area contributed by atoms with Crippen LogP contribution < -0.4 is 0 Å². The van der Waals surface area contributed by atoms with Crippen LogP contribution in [0.15, 0.2) is 46.0 Å². The maximum Gasteiger partial charge on any atom is 0.254 e. The average molecular weight is 405 g/mol. The second-order valence-electron chi connectivity index (χ2n) is 7.21. The number of rotatable bonds is 4. The Morgan fingerprint density at radius 2 is 1.85 bits per heavy atom. The first-order valence-electron chi connectivity index (χ1n) is 9.51. The summed E-state index contributed by atoms with van der Waals surface area (Å²) in [5, 5.41) is 4.12. The van der Waals surface area contributed by atoms with Crippen LogP contribution in [-0.2, 0) is 10.0 Å². The van der Waals surface area contributed by atoms with Gasteiger partial charge in [-0.05, 0) is 66.3 Å². The molecule has 27 heavy (non-hydrogen) atoms. The normalized spacial score (nSPS) is 21.5. The molecule has 0 N–H and O–H groups in total. The fourth-order valence-corrected chi connectivity index (χ4v) is 6.30. The number of hydrogen-bond acceptors (Lipinski definition) is 4. The molecule has 1 amide bonds. The highest BCUT2D eigenvalue weighted by molar-refractivity contribution is 7.89. The van der Waals surface area contributed by atoms with Crippen molar-refractivity contribution in [3.8, 4) is 0 Å². The van der Waals surface area contributed by atoms with E-state index in [9.17, 15) is 13.2 Å².